The number of aromatic nitrogens is 1. The Bertz CT molecular complexity index is 729. The van der Waals surface area contributed by atoms with Crippen LogP contribution in [0.1, 0.15) is 6.42 Å². The number of rotatable bonds is 7. The van der Waals surface area contributed by atoms with E-state index in [0.29, 0.717) is 5.75 Å². The van der Waals surface area contributed by atoms with Crippen molar-refractivity contribution in [2.75, 3.05) is 5.75 Å². The first kappa shape index (κ1) is 15.1. The highest BCUT2D eigenvalue weighted by Gasteiger charge is 2.14. The molecule has 1 N–H and O–H groups in total. The van der Waals surface area contributed by atoms with Crippen LogP contribution in [0.4, 0.5) is 0 Å². The molecule has 3 aromatic rings. The van der Waals surface area contributed by atoms with Gasteiger partial charge in [0.15, 0.2) is 6.54 Å². The van der Waals surface area contributed by atoms with Crippen molar-refractivity contribution in [3.8, 4) is 11.1 Å². The lowest BCUT2D eigenvalue weighted by molar-refractivity contribution is -0.676. The van der Waals surface area contributed by atoms with Gasteiger partial charge in [-0.3, -0.25) is 0 Å². The standard InChI is InChI=1S/C16H15NO4S/c18-20-21-22-10-4-9-17-12-19-16-8-7-14(11-15(16)17)13-5-2-1-3-6-13/h1-3,5-8,11-12H,4,9-10H2/p+1. The van der Waals surface area contributed by atoms with Crippen LogP contribution >= 0.6 is 12.0 Å². The third-order valence-corrected chi connectivity index (χ3v) is 4.00. The van der Waals surface area contributed by atoms with Crippen molar-refractivity contribution >= 4 is 23.1 Å². The minimum absolute atomic E-state index is 0.707. The zero-order valence-electron chi connectivity index (χ0n) is 11.8. The summed E-state index contributed by atoms with van der Waals surface area (Å²) in [5.74, 6) is 0.707. The highest BCUT2D eigenvalue weighted by Crippen LogP contribution is 2.23. The van der Waals surface area contributed by atoms with Crippen LogP contribution in [0.15, 0.2) is 59.3 Å². The van der Waals surface area contributed by atoms with E-state index in [1.54, 1.807) is 6.39 Å². The summed E-state index contributed by atoms with van der Waals surface area (Å²) in [6.07, 6.45) is 2.59. The van der Waals surface area contributed by atoms with Gasteiger partial charge in [-0.15, -0.1) is 4.33 Å². The molecule has 0 saturated heterocycles. The molecule has 0 bridgehead atoms. The second kappa shape index (κ2) is 7.42. The predicted molar refractivity (Wildman–Crippen MR) is 83.7 cm³/mol. The fourth-order valence-electron chi connectivity index (χ4n) is 2.35. The number of hydrogen-bond acceptors (Lipinski definition) is 5. The van der Waals surface area contributed by atoms with Gasteiger partial charge >= 0.3 is 6.39 Å². The van der Waals surface area contributed by atoms with E-state index >= 15 is 0 Å². The third-order valence-electron chi connectivity index (χ3n) is 3.39. The van der Waals surface area contributed by atoms with Gasteiger partial charge in [-0.25, -0.2) is 5.26 Å². The first-order valence-electron chi connectivity index (χ1n) is 6.94. The van der Waals surface area contributed by atoms with E-state index in [-0.39, 0.29) is 0 Å². The molecule has 0 aliphatic carbocycles. The van der Waals surface area contributed by atoms with Gasteiger partial charge in [0, 0.05) is 30.3 Å². The van der Waals surface area contributed by atoms with E-state index < -0.39 is 0 Å². The van der Waals surface area contributed by atoms with E-state index in [1.807, 2.05) is 24.3 Å². The predicted octanol–water partition coefficient (Wildman–Crippen LogP) is 3.85. The summed E-state index contributed by atoms with van der Waals surface area (Å²) in [6.45, 7) is 0.799. The number of nitrogens with zero attached hydrogens (tertiary/aromatic N) is 1. The van der Waals surface area contributed by atoms with Crippen LogP contribution in [0.5, 0.6) is 0 Å². The number of fused-ring (bicyclic) bond motifs is 1. The van der Waals surface area contributed by atoms with Gasteiger partial charge in [-0.2, -0.15) is 4.57 Å². The van der Waals surface area contributed by atoms with E-state index in [9.17, 15) is 0 Å². The molecule has 0 fully saturated rings. The molecule has 114 valence electrons. The molecule has 5 nitrogen and oxygen atoms in total. The van der Waals surface area contributed by atoms with Crippen LogP contribution in [0.2, 0.25) is 0 Å². The Morgan fingerprint density at radius 1 is 1.09 bits per heavy atom. The number of hydrogen-bond donors (Lipinski definition) is 1. The van der Waals surface area contributed by atoms with Gasteiger partial charge in [-0.05, 0) is 17.2 Å². The number of benzene rings is 2. The van der Waals surface area contributed by atoms with Gasteiger partial charge < -0.3 is 4.42 Å². The largest absolute Gasteiger partial charge is 0.404 e. The molecule has 22 heavy (non-hydrogen) atoms. The van der Waals surface area contributed by atoms with Crippen LogP contribution in [-0.2, 0) is 15.9 Å². The fourth-order valence-corrected chi connectivity index (χ4v) is 2.71. The minimum atomic E-state index is 0.707. The lowest BCUT2D eigenvalue weighted by Crippen LogP contribution is -2.31. The second-order valence-corrected chi connectivity index (χ2v) is 5.56. The zero-order valence-corrected chi connectivity index (χ0v) is 12.7. The number of oxazole rings is 1. The Hall–Kier alpha value is -1.86. The topological polar surface area (TPSA) is 55.7 Å². The number of aryl methyl sites for hydroxylation is 1. The monoisotopic (exact) mass is 318 g/mol. The molecule has 0 radical (unpaired) electrons. The average Bonchev–Trinajstić information content (AvgIpc) is 2.98. The maximum absolute atomic E-state index is 8.07. The Kier molecular flexibility index (Phi) is 5.07. The summed E-state index contributed by atoms with van der Waals surface area (Å²) in [7, 11) is 0. The molecule has 0 unspecified atom stereocenters. The lowest BCUT2D eigenvalue weighted by Gasteiger charge is -2.00. The van der Waals surface area contributed by atoms with Crippen molar-refractivity contribution in [3.05, 3.63) is 54.9 Å². The Morgan fingerprint density at radius 2 is 1.95 bits per heavy atom. The van der Waals surface area contributed by atoms with Crippen LogP contribution in [-0.4, -0.2) is 11.0 Å². The summed E-state index contributed by atoms with van der Waals surface area (Å²) in [4.78, 5) is 0. The minimum Gasteiger partial charge on any atom is -0.404 e. The first-order valence-corrected chi connectivity index (χ1v) is 7.85. The van der Waals surface area contributed by atoms with Crippen molar-refractivity contribution in [3.63, 3.8) is 0 Å². The molecule has 0 aliphatic rings. The first-order chi connectivity index (χ1) is 10.9. The Labute approximate surface area is 132 Å². The maximum atomic E-state index is 8.07. The summed E-state index contributed by atoms with van der Waals surface area (Å²) in [5.41, 5.74) is 4.27. The molecule has 1 aromatic heterocycles. The van der Waals surface area contributed by atoms with Crippen molar-refractivity contribution in [1.29, 1.82) is 0 Å². The van der Waals surface area contributed by atoms with Crippen molar-refractivity contribution in [1.82, 2.24) is 0 Å². The van der Waals surface area contributed by atoms with Crippen LogP contribution < -0.4 is 4.57 Å². The van der Waals surface area contributed by atoms with Gasteiger partial charge in [0.25, 0.3) is 5.52 Å². The van der Waals surface area contributed by atoms with Crippen LogP contribution in [0.25, 0.3) is 22.2 Å². The van der Waals surface area contributed by atoms with Crippen molar-refractivity contribution < 1.29 is 23.6 Å². The smallest absolute Gasteiger partial charge is 0.335 e. The Balaban J connectivity index is 1.77. The maximum Gasteiger partial charge on any atom is 0.335 e. The molecule has 1 heterocycles. The molecule has 0 spiro atoms. The second-order valence-electron chi connectivity index (χ2n) is 4.78. The average molecular weight is 318 g/mol. The molecular weight excluding hydrogens is 302 g/mol. The van der Waals surface area contributed by atoms with Crippen LogP contribution in [0, 0.1) is 0 Å². The molecule has 0 atom stereocenters. The molecule has 0 saturated carbocycles. The van der Waals surface area contributed by atoms with Gasteiger partial charge in [-0.1, -0.05) is 41.4 Å². The lowest BCUT2D eigenvalue weighted by atomic mass is 10.1. The Morgan fingerprint density at radius 3 is 2.77 bits per heavy atom. The highest BCUT2D eigenvalue weighted by atomic mass is 32.2. The van der Waals surface area contributed by atoms with Crippen LogP contribution in [0.3, 0.4) is 0 Å². The van der Waals surface area contributed by atoms with Gasteiger partial charge in [0.2, 0.25) is 5.58 Å². The van der Waals surface area contributed by atoms with E-state index in [1.165, 1.54) is 5.56 Å². The van der Waals surface area contributed by atoms with Crippen molar-refractivity contribution in [2.24, 2.45) is 0 Å². The SMILES string of the molecule is OOOSCCC[n+]1coc2ccc(-c3ccccc3)cc21. The molecule has 6 heteroatoms. The fraction of sp³-hybridized carbons (Fsp3) is 0.188. The van der Waals surface area contributed by atoms with E-state index in [2.05, 4.69) is 38.2 Å². The zero-order chi connectivity index (χ0) is 15.2. The summed E-state index contributed by atoms with van der Waals surface area (Å²) in [6, 6.07) is 16.4. The normalized spacial score (nSPS) is 11.1. The molecule has 0 aliphatic heterocycles. The summed E-state index contributed by atoms with van der Waals surface area (Å²) < 4.78 is 12.0. The van der Waals surface area contributed by atoms with E-state index in [4.69, 9.17) is 9.67 Å². The van der Waals surface area contributed by atoms with Gasteiger partial charge in [0.05, 0.1) is 0 Å². The molecule has 3 rings (SSSR count). The molecule has 2 aromatic carbocycles. The van der Waals surface area contributed by atoms with Gasteiger partial charge in [0.1, 0.15) is 0 Å². The van der Waals surface area contributed by atoms with E-state index in [0.717, 1.165) is 41.7 Å². The molecular formula is C16H16NO4S+. The quantitative estimate of drug-likeness (QED) is 0.236. The third kappa shape index (κ3) is 3.48. The van der Waals surface area contributed by atoms with Crippen molar-refractivity contribution in [2.45, 2.75) is 13.0 Å². The summed E-state index contributed by atoms with van der Waals surface area (Å²) >= 11 is 1.06. The molecule has 0 amide bonds. The highest BCUT2D eigenvalue weighted by molar-refractivity contribution is 7.94. The summed E-state index contributed by atoms with van der Waals surface area (Å²) in [5, 5.41) is 11.6.